The Morgan fingerprint density at radius 3 is 2.25 bits per heavy atom. The molecule has 2 aromatic rings. The highest BCUT2D eigenvalue weighted by Gasteiger charge is 2.42. The zero-order valence-electron chi connectivity index (χ0n) is 16.1. The minimum atomic E-state index is 0.222. The van der Waals surface area contributed by atoms with Crippen LogP contribution in [0.1, 0.15) is 76.0 Å². The number of aryl methyl sites for hydroxylation is 1. The van der Waals surface area contributed by atoms with Crippen LogP contribution in [0, 0.1) is 6.92 Å². The lowest BCUT2D eigenvalue weighted by Crippen LogP contribution is -2.18. The van der Waals surface area contributed by atoms with Gasteiger partial charge in [-0.3, -0.25) is 0 Å². The molecular formula is C22H29NO. The fourth-order valence-electron chi connectivity index (χ4n) is 4.50. The van der Waals surface area contributed by atoms with Gasteiger partial charge in [-0.25, -0.2) is 0 Å². The van der Waals surface area contributed by atoms with Gasteiger partial charge in [0.2, 0.25) is 0 Å². The normalized spacial score (nSPS) is 17.6. The Labute approximate surface area is 146 Å². The molecule has 24 heavy (non-hydrogen) atoms. The number of aromatic nitrogens is 1. The Hall–Kier alpha value is -1.83. The average Bonchev–Trinajstić information content (AvgIpc) is 3.01. The van der Waals surface area contributed by atoms with Crippen LogP contribution in [0.2, 0.25) is 0 Å². The molecule has 1 aliphatic carbocycles. The molecule has 0 N–H and O–H groups in total. The minimum absolute atomic E-state index is 0.222. The van der Waals surface area contributed by atoms with E-state index in [1.165, 1.54) is 39.8 Å². The lowest BCUT2D eigenvalue weighted by Gasteiger charge is -2.22. The lowest BCUT2D eigenvalue weighted by molar-refractivity contribution is 0.391. The highest BCUT2D eigenvalue weighted by molar-refractivity contribution is 5.73. The first kappa shape index (κ1) is 17.0. The van der Waals surface area contributed by atoms with Gasteiger partial charge in [0.25, 0.3) is 0 Å². The van der Waals surface area contributed by atoms with Gasteiger partial charge < -0.3 is 4.52 Å². The highest BCUT2D eigenvalue weighted by Crippen LogP contribution is 2.50. The Balaban J connectivity index is 2.14. The summed E-state index contributed by atoms with van der Waals surface area (Å²) in [7, 11) is 0. The molecule has 3 rings (SSSR count). The second-order valence-electron chi connectivity index (χ2n) is 8.79. The number of hydrogen-bond acceptors (Lipinski definition) is 2. The minimum Gasteiger partial charge on any atom is -0.361 e. The van der Waals surface area contributed by atoms with Crippen molar-refractivity contribution >= 4 is 5.57 Å². The first-order valence-corrected chi connectivity index (χ1v) is 8.84. The standard InChI is InChI=1S/C22H29NO/c1-14(2)17(11-16-8-9-23-24-16)18-12-20-19(10-15(18)3)21(4,5)13-22(20,6)7/h8-10,12H,11,13H2,1-7H3. The van der Waals surface area contributed by atoms with Gasteiger partial charge in [0.15, 0.2) is 0 Å². The summed E-state index contributed by atoms with van der Waals surface area (Å²) in [5, 5.41) is 3.85. The summed E-state index contributed by atoms with van der Waals surface area (Å²) in [6.45, 7) is 16.1. The van der Waals surface area contributed by atoms with Crippen LogP contribution < -0.4 is 0 Å². The summed E-state index contributed by atoms with van der Waals surface area (Å²) < 4.78 is 5.36. The first-order valence-electron chi connectivity index (χ1n) is 8.84. The SMILES string of the molecule is CC(C)=C(Cc1ccno1)c1cc2c(cc1C)C(C)(C)CC2(C)C. The third-order valence-electron chi connectivity index (χ3n) is 5.48. The van der Waals surface area contributed by atoms with Gasteiger partial charge in [-0.05, 0) is 65.8 Å². The molecule has 0 spiro atoms. The predicted octanol–water partition coefficient (Wildman–Crippen LogP) is 5.98. The van der Waals surface area contributed by atoms with E-state index < -0.39 is 0 Å². The molecule has 0 amide bonds. The molecule has 0 radical (unpaired) electrons. The Kier molecular flexibility index (Phi) is 3.98. The molecule has 128 valence electrons. The fourth-order valence-corrected chi connectivity index (χ4v) is 4.50. The molecule has 1 aromatic heterocycles. The van der Waals surface area contributed by atoms with Crippen molar-refractivity contribution in [2.75, 3.05) is 0 Å². The van der Waals surface area contributed by atoms with Crippen LogP contribution in [0.4, 0.5) is 0 Å². The number of fused-ring (bicyclic) bond motifs is 1. The van der Waals surface area contributed by atoms with E-state index in [9.17, 15) is 0 Å². The third kappa shape index (κ3) is 2.83. The zero-order valence-corrected chi connectivity index (χ0v) is 16.1. The lowest BCUT2D eigenvalue weighted by atomic mass is 9.82. The van der Waals surface area contributed by atoms with Crippen molar-refractivity contribution in [1.29, 1.82) is 0 Å². The van der Waals surface area contributed by atoms with Crippen molar-refractivity contribution in [2.24, 2.45) is 0 Å². The van der Waals surface area contributed by atoms with E-state index in [1.807, 2.05) is 6.07 Å². The van der Waals surface area contributed by atoms with E-state index >= 15 is 0 Å². The Morgan fingerprint density at radius 1 is 1.08 bits per heavy atom. The Bertz CT molecular complexity index is 788. The maximum atomic E-state index is 5.36. The van der Waals surface area contributed by atoms with Crippen molar-refractivity contribution in [1.82, 2.24) is 5.16 Å². The second-order valence-corrected chi connectivity index (χ2v) is 8.79. The van der Waals surface area contributed by atoms with Crippen molar-refractivity contribution < 1.29 is 4.52 Å². The van der Waals surface area contributed by atoms with E-state index in [1.54, 1.807) is 6.20 Å². The van der Waals surface area contributed by atoms with Crippen LogP contribution in [0.5, 0.6) is 0 Å². The highest BCUT2D eigenvalue weighted by atomic mass is 16.5. The van der Waals surface area contributed by atoms with Gasteiger partial charge in [0.1, 0.15) is 5.76 Å². The number of hydrogen-bond donors (Lipinski definition) is 0. The zero-order chi connectivity index (χ0) is 17.7. The summed E-state index contributed by atoms with van der Waals surface area (Å²) in [5.41, 5.74) is 8.90. The van der Waals surface area contributed by atoms with Crippen LogP contribution in [-0.4, -0.2) is 5.16 Å². The molecule has 0 bridgehead atoms. The second kappa shape index (κ2) is 5.61. The summed E-state index contributed by atoms with van der Waals surface area (Å²) in [5.74, 6) is 0.922. The van der Waals surface area contributed by atoms with Gasteiger partial charge >= 0.3 is 0 Å². The molecule has 0 fully saturated rings. The molecule has 0 atom stereocenters. The number of benzene rings is 1. The van der Waals surface area contributed by atoms with Gasteiger partial charge in [0, 0.05) is 12.5 Å². The van der Waals surface area contributed by atoms with Crippen molar-refractivity contribution in [3.63, 3.8) is 0 Å². The van der Waals surface area contributed by atoms with Crippen LogP contribution in [0.15, 0.2) is 34.5 Å². The molecule has 1 heterocycles. The summed E-state index contributed by atoms with van der Waals surface area (Å²) in [4.78, 5) is 0. The van der Waals surface area contributed by atoms with Crippen molar-refractivity contribution in [3.05, 3.63) is 58.0 Å². The molecule has 0 saturated heterocycles. The van der Waals surface area contributed by atoms with Crippen LogP contribution in [0.3, 0.4) is 0 Å². The maximum Gasteiger partial charge on any atom is 0.141 e. The number of rotatable bonds is 3. The quantitative estimate of drug-likeness (QED) is 0.694. The van der Waals surface area contributed by atoms with Gasteiger partial charge in [0.05, 0.1) is 6.20 Å². The van der Waals surface area contributed by atoms with Gasteiger partial charge in [-0.2, -0.15) is 0 Å². The monoisotopic (exact) mass is 323 g/mol. The molecule has 0 unspecified atom stereocenters. The molecule has 1 aromatic carbocycles. The predicted molar refractivity (Wildman–Crippen MR) is 100 cm³/mol. The van der Waals surface area contributed by atoms with Crippen molar-refractivity contribution in [3.8, 4) is 0 Å². The van der Waals surface area contributed by atoms with Crippen LogP contribution in [0.25, 0.3) is 5.57 Å². The Morgan fingerprint density at radius 2 is 1.71 bits per heavy atom. The largest absolute Gasteiger partial charge is 0.361 e. The smallest absolute Gasteiger partial charge is 0.141 e. The first-order chi connectivity index (χ1) is 11.1. The molecule has 0 aliphatic heterocycles. The van der Waals surface area contributed by atoms with Crippen LogP contribution >= 0.6 is 0 Å². The van der Waals surface area contributed by atoms with E-state index in [-0.39, 0.29) is 10.8 Å². The molecule has 2 heteroatoms. The fraction of sp³-hybridized carbons (Fsp3) is 0.500. The van der Waals surface area contributed by atoms with E-state index in [4.69, 9.17) is 4.52 Å². The average molecular weight is 323 g/mol. The third-order valence-corrected chi connectivity index (χ3v) is 5.48. The van der Waals surface area contributed by atoms with E-state index in [0.717, 1.165) is 12.2 Å². The number of nitrogens with zero attached hydrogens (tertiary/aromatic N) is 1. The summed E-state index contributed by atoms with van der Waals surface area (Å²) in [6, 6.07) is 6.82. The summed E-state index contributed by atoms with van der Waals surface area (Å²) >= 11 is 0. The summed E-state index contributed by atoms with van der Waals surface area (Å²) in [6.07, 6.45) is 3.72. The van der Waals surface area contributed by atoms with Gasteiger partial charge in [-0.1, -0.05) is 50.6 Å². The molecule has 2 nitrogen and oxygen atoms in total. The number of allylic oxidation sites excluding steroid dienone is 2. The molecule has 0 saturated carbocycles. The maximum absolute atomic E-state index is 5.36. The van der Waals surface area contributed by atoms with Crippen LogP contribution in [-0.2, 0) is 17.3 Å². The molecular weight excluding hydrogens is 294 g/mol. The van der Waals surface area contributed by atoms with Crippen molar-refractivity contribution in [2.45, 2.75) is 72.1 Å². The molecule has 1 aliphatic rings. The van der Waals surface area contributed by atoms with Gasteiger partial charge in [-0.15, -0.1) is 0 Å². The van der Waals surface area contributed by atoms with E-state index in [2.05, 4.69) is 65.8 Å². The topological polar surface area (TPSA) is 26.0 Å². The van der Waals surface area contributed by atoms with E-state index in [0.29, 0.717) is 0 Å².